The largest absolute Gasteiger partial charge is 0.316 e. The first-order chi connectivity index (χ1) is 9.62. The Bertz CT molecular complexity index is 234. The minimum absolute atomic E-state index is 0.544. The van der Waals surface area contributed by atoms with Crippen molar-refractivity contribution >= 4 is 0 Å². The molecule has 1 aliphatic carbocycles. The van der Waals surface area contributed by atoms with Gasteiger partial charge in [0.15, 0.2) is 0 Å². The molecule has 0 aromatic carbocycles. The van der Waals surface area contributed by atoms with Crippen molar-refractivity contribution in [3.8, 4) is 0 Å². The van der Waals surface area contributed by atoms with Crippen molar-refractivity contribution in [2.75, 3.05) is 53.4 Å². The Kier molecular flexibility index (Phi) is 8.74. The lowest BCUT2D eigenvalue weighted by Gasteiger charge is -2.41. The molecule has 0 atom stereocenters. The maximum atomic E-state index is 3.63. The molecule has 20 heavy (non-hydrogen) atoms. The predicted octanol–water partition coefficient (Wildman–Crippen LogP) is 2.82. The molecule has 1 saturated carbocycles. The lowest BCUT2D eigenvalue weighted by Crippen LogP contribution is -2.46. The molecule has 1 fully saturated rings. The molecule has 0 heterocycles. The lowest BCUT2D eigenvalue weighted by atomic mass is 9.73. The SMILES string of the molecule is CCNCC1(CN(CC)CCCN(C)C)CCCCC1. The van der Waals surface area contributed by atoms with Crippen molar-refractivity contribution < 1.29 is 0 Å². The Morgan fingerprint density at radius 3 is 2.25 bits per heavy atom. The van der Waals surface area contributed by atoms with Crippen molar-refractivity contribution in [2.24, 2.45) is 5.41 Å². The van der Waals surface area contributed by atoms with Crippen LogP contribution < -0.4 is 5.32 Å². The van der Waals surface area contributed by atoms with Crippen LogP contribution in [0.5, 0.6) is 0 Å². The average molecular weight is 284 g/mol. The third-order valence-electron chi connectivity index (χ3n) is 4.75. The van der Waals surface area contributed by atoms with Crippen molar-refractivity contribution in [3.05, 3.63) is 0 Å². The number of rotatable bonds is 10. The van der Waals surface area contributed by atoms with Crippen molar-refractivity contribution in [3.63, 3.8) is 0 Å². The third kappa shape index (κ3) is 6.55. The van der Waals surface area contributed by atoms with Gasteiger partial charge in [-0.25, -0.2) is 0 Å². The van der Waals surface area contributed by atoms with Crippen molar-refractivity contribution in [2.45, 2.75) is 52.4 Å². The first-order valence-electron chi connectivity index (χ1n) is 8.69. The Labute approximate surface area is 127 Å². The average Bonchev–Trinajstić information content (AvgIpc) is 2.45. The minimum Gasteiger partial charge on any atom is -0.316 e. The summed E-state index contributed by atoms with van der Waals surface area (Å²) in [6.45, 7) is 11.8. The second-order valence-corrected chi connectivity index (χ2v) is 6.87. The molecule has 0 aromatic rings. The van der Waals surface area contributed by atoms with E-state index in [1.807, 2.05) is 0 Å². The molecule has 0 unspecified atom stereocenters. The van der Waals surface area contributed by atoms with E-state index in [4.69, 9.17) is 0 Å². The Hall–Kier alpha value is -0.120. The zero-order valence-corrected chi connectivity index (χ0v) is 14.4. The molecular formula is C17H37N3. The summed E-state index contributed by atoms with van der Waals surface area (Å²) in [5, 5.41) is 3.63. The zero-order valence-electron chi connectivity index (χ0n) is 14.4. The van der Waals surface area contributed by atoms with Gasteiger partial charge in [0.25, 0.3) is 0 Å². The fourth-order valence-corrected chi connectivity index (χ4v) is 3.52. The van der Waals surface area contributed by atoms with Crippen LogP contribution in [0.2, 0.25) is 0 Å². The van der Waals surface area contributed by atoms with Crippen LogP contribution in [0.4, 0.5) is 0 Å². The van der Waals surface area contributed by atoms with E-state index in [1.54, 1.807) is 0 Å². The van der Waals surface area contributed by atoms with Gasteiger partial charge in [-0.05, 0) is 65.0 Å². The predicted molar refractivity (Wildman–Crippen MR) is 89.3 cm³/mol. The van der Waals surface area contributed by atoms with Gasteiger partial charge >= 0.3 is 0 Å². The first-order valence-corrected chi connectivity index (χ1v) is 8.69. The molecule has 1 rings (SSSR count). The fraction of sp³-hybridized carbons (Fsp3) is 1.00. The quantitative estimate of drug-likeness (QED) is 0.665. The summed E-state index contributed by atoms with van der Waals surface area (Å²) in [5.41, 5.74) is 0.544. The summed E-state index contributed by atoms with van der Waals surface area (Å²) in [6, 6.07) is 0. The molecule has 0 saturated heterocycles. The highest BCUT2D eigenvalue weighted by Gasteiger charge is 2.32. The molecule has 1 N–H and O–H groups in total. The van der Waals surface area contributed by atoms with E-state index in [0.29, 0.717) is 5.41 Å². The van der Waals surface area contributed by atoms with E-state index >= 15 is 0 Å². The molecular weight excluding hydrogens is 246 g/mol. The van der Waals surface area contributed by atoms with E-state index in [2.05, 4.69) is 43.1 Å². The van der Waals surface area contributed by atoms with Crippen LogP contribution in [0.25, 0.3) is 0 Å². The van der Waals surface area contributed by atoms with Gasteiger partial charge in [-0.1, -0.05) is 33.1 Å². The second-order valence-electron chi connectivity index (χ2n) is 6.87. The van der Waals surface area contributed by atoms with Crippen LogP contribution in [-0.4, -0.2) is 63.2 Å². The van der Waals surface area contributed by atoms with E-state index in [-0.39, 0.29) is 0 Å². The van der Waals surface area contributed by atoms with Gasteiger partial charge in [0.1, 0.15) is 0 Å². The number of nitrogens with one attached hydrogen (secondary N) is 1. The molecule has 0 bridgehead atoms. The van der Waals surface area contributed by atoms with Gasteiger partial charge < -0.3 is 15.1 Å². The smallest absolute Gasteiger partial charge is 0.00500 e. The van der Waals surface area contributed by atoms with Gasteiger partial charge in [-0.2, -0.15) is 0 Å². The van der Waals surface area contributed by atoms with Crippen LogP contribution in [-0.2, 0) is 0 Å². The summed E-state index contributed by atoms with van der Waals surface area (Å²) < 4.78 is 0. The Morgan fingerprint density at radius 1 is 1.00 bits per heavy atom. The highest BCUT2D eigenvalue weighted by molar-refractivity contribution is 4.87. The summed E-state index contributed by atoms with van der Waals surface area (Å²) in [6.07, 6.45) is 8.44. The molecule has 0 radical (unpaired) electrons. The van der Waals surface area contributed by atoms with E-state index in [0.717, 1.165) is 6.54 Å². The van der Waals surface area contributed by atoms with Crippen LogP contribution in [0.3, 0.4) is 0 Å². The minimum atomic E-state index is 0.544. The monoisotopic (exact) mass is 283 g/mol. The van der Waals surface area contributed by atoms with E-state index < -0.39 is 0 Å². The molecule has 120 valence electrons. The Balaban J connectivity index is 2.47. The second kappa shape index (κ2) is 9.75. The van der Waals surface area contributed by atoms with Crippen LogP contribution in [0.1, 0.15) is 52.4 Å². The van der Waals surface area contributed by atoms with Gasteiger partial charge in [-0.3, -0.25) is 0 Å². The fourth-order valence-electron chi connectivity index (χ4n) is 3.52. The highest BCUT2D eigenvalue weighted by Crippen LogP contribution is 2.36. The number of hydrogen-bond acceptors (Lipinski definition) is 3. The number of nitrogens with zero attached hydrogens (tertiary/aromatic N) is 2. The van der Waals surface area contributed by atoms with Gasteiger partial charge in [0.2, 0.25) is 0 Å². The maximum absolute atomic E-state index is 3.63. The Morgan fingerprint density at radius 2 is 1.70 bits per heavy atom. The molecule has 0 aromatic heterocycles. The van der Waals surface area contributed by atoms with E-state index in [9.17, 15) is 0 Å². The summed E-state index contributed by atoms with van der Waals surface area (Å²) in [7, 11) is 4.34. The molecule has 3 nitrogen and oxygen atoms in total. The van der Waals surface area contributed by atoms with Crippen LogP contribution >= 0.6 is 0 Å². The van der Waals surface area contributed by atoms with Crippen LogP contribution in [0.15, 0.2) is 0 Å². The molecule has 1 aliphatic rings. The summed E-state index contributed by atoms with van der Waals surface area (Å²) >= 11 is 0. The lowest BCUT2D eigenvalue weighted by molar-refractivity contribution is 0.103. The zero-order chi connectivity index (χ0) is 14.8. The standard InChI is InChI=1S/C17H37N3/c1-5-18-15-17(11-8-7-9-12-17)16-20(6-2)14-10-13-19(3)4/h18H,5-16H2,1-4H3. The summed E-state index contributed by atoms with van der Waals surface area (Å²) in [5.74, 6) is 0. The third-order valence-corrected chi connectivity index (χ3v) is 4.75. The van der Waals surface area contributed by atoms with Crippen molar-refractivity contribution in [1.29, 1.82) is 0 Å². The van der Waals surface area contributed by atoms with Gasteiger partial charge in [0.05, 0.1) is 0 Å². The maximum Gasteiger partial charge on any atom is 0.00500 e. The van der Waals surface area contributed by atoms with Crippen molar-refractivity contribution in [1.82, 2.24) is 15.1 Å². The van der Waals surface area contributed by atoms with Crippen LogP contribution in [0, 0.1) is 5.41 Å². The molecule has 0 aliphatic heterocycles. The van der Waals surface area contributed by atoms with E-state index in [1.165, 1.54) is 71.2 Å². The normalized spacial score (nSPS) is 18.9. The summed E-state index contributed by atoms with van der Waals surface area (Å²) in [4.78, 5) is 4.98. The first kappa shape index (κ1) is 17.9. The molecule has 0 amide bonds. The molecule has 3 heteroatoms. The van der Waals surface area contributed by atoms with Gasteiger partial charge in [0, 0.05) is 13.1 Å². The highest BCUT2D eigenvalue weighted by atomic mass is 15.1. The number of hydrogen-bond donors (Lipinski definition) is 1. The molecule has 0 spiro atoms. The van der Waals surface area contributed by atoms with Gasteiger partial charge in [-0.15, -0.1) is 0 Å². The topological polar surface area (TPSA) is 18.5 Å².